The zero-order valence-electron chi connectivity index (χ0n) is 18.6. The molecule has 1 saturated heterocycles. The van der Waals surface area contributed by atoms with Crippen LogP contribution in [-0.4, -0.2) is 60.0 Å². The fourth-order valence-electron chi connectivity index (χ4n) is 3.52. The summed E-state index contributed by atoms with van der Waals surface area (Å²) in [5.74, 6) is -1.77. The van der Waals surface area contributed by atoms with Gasteiger partial charge in [-0.3, -0.25) is 14.1 Å². The largest absolute Gasteiger partial charge is 0.445 e. The molecule has 5 N–H and O–H groups in total. The Morgan fingerprint density at radius 1 is 1.21 bits per heavy atom. The average molecular weight is 486 g/mol. The number of alkyl carbamates (subject to hydrolysis) is 1. The lowest BCUT2D eigenvalue weighted by Crippen LogP contribution is -2.54. The molecule has 0 spiro atoms. The summed E-state index contributed by atoms with van der Waals surface area (Å²) in [6, 6.07) is 6.38. The molecular weight excluding hydrogens is 454 g/mol. The van der Waals surface area contributed by atoms with Crippen molar-refractivity contribution in [1.82, 2.24) is 16.0 Å². The Kier molecular flexibility index (Phi) is 9.62. The molecule has 0 radical (unpaired) electrons. The van der Waals surface area contributed by atoms with E-state index in [-0.39, 0.29) is 31.3 Å². The molecule has 1 aliphatic heterocycles. The van der Waals surface area contributed by atoms with Gasteiger partial charge in [-0.15, -0.1) is 0 Å². The molecule has 1 fully saturated rings. The van der Waals surface area contributed by atoms with E-state index < -0.39 is 45.6 Å². The number of rotatable bonds is 11. The van der Waals surface area contributed by atoms with Crippen molar-refractivity contribution >= 4 is 28.0 Å². The van der Waals surface area contributed by atoms with Crippen LogP contribution in [0, 0.1) is 11.8 Å². The number of benzene rings is 1. The Balaban J connectivity index is 2.08. The van der Waals surface area contributed by atoms with Crippen LogP contribution >= 0.6 is 0 Å². The average Bonchev–Trinajstić information content (AvgIpc) is 3.14. The van der Waals surface area contributed by atoms with Gasteiger partial charge in [0.15, 0.2) is 0 Å². The predicted molar refractivity (Wildman–Crippen MR) is 118 cm³/mol. The number of aliphatic hydroxyl groups excluding tert-OH is 1. The van der Waals surface area contributed by atoms with Crippen LogP contribution in [0.1, 0.15) is 38.7 Å². The molecular formula is C21H31N3O8S. The van der Waals surface area contributed by atoms with Crippen molar-refractivity contribution in [3.8, 4) is 0 Å². The van der Waals surface area contributed by atoms with E-state index in [1.54, 1.807) is 24.3 Å². The molecule has 0 aromatic heterocycles. The van der Waals surface area contributed by atoms with Crippen LogP contribution in [-0.2, 0) is 31.1 Å². The first-order chi connectivity index (χ1) is 15.5. The van der Waals surface area contributed by atoms with Gasteiger partial charge in [0, 0.05) is 12.5 Å². The first kappa shape index (κ1) is 26.6. The van der Waals surface area contributed by atoms with Crippen molar-refractivity contribution in [3.63, 3.8) is 0 Å². The number of carbonyl (C=O) groups excluding carboxylic acids is 3. The van der Waals surface area contributed by atoms with E-state index in [4.69, 9.17) is 4.74 Å². The van der Waals surface area contributed by atoms with Crippen molar-refractivity contribution in [2.75, 3.05) is 6.54 Å². The molecule has 3 amide bonds. The highest BCUT2D eigenvalue weighted by Gasteiger charge is 2.37. The molecule has 1 heterocycles. The van der Waals surface area contributed by atoms with Crippen molar-refractivity contribution in [3.05, 3.63) is 35.9 Å². The Morgan fingerprint density at radius 2 is 1.88 bits per heavy atom. The Labute approximate surface area is 193 Å². The molecule has 4 atom stereocenters. The summed E-state index contributed by atoms with van der Waals surface area (Å²) in [6.07, 6.45) is -0.458. The molecule has 11 nitrogen and oxygen atoms in total. The number of amides is 3. The first-order valence-corrected chi connectivity index (χ1v) is 12.2. The van der Waals surface area contributed by atoms with Crippen LogP contribution in [0.25, 0.3) is 0 Å². The fourth-order valence-corrected chi connectivity index (χ4v) is 4.12. The second kappa shape index (κ2) is 12.0. The minimum atomic E-state index is -4.92. The molecule has 1 aromatic rings. The molecule has 0 aliphatic carbocycles. The van der Waals surface area contributed by atoms with Gasteiger partial charge in [0.2, 0.25) is 17.3 Å². The van der Waals surface area contributed by atoms with E-state index in [1.807, 2.05) is 19.9 Å². The number of aliphatic hydroxyl groups is 1. The van der Waals surface area contributed by atoms with Gasteiger partial charge in [0.25, 0.3) is 10.1 Å². The standard InChI is InChI=1S/C21H31N3O8S/c1-13(2)10-16(24-21(28)32-12-14-6-4-3-5-7-14)19(26)23-17(20(27)33(29,30)31)11-15-8-9-22-18(15)25/h3-7,13,15-17,20,27H,8-12H2,1-2H3,(H,22,25)(H,23,26)(H,24,28)(H,29,30,31)/t15-,16+,17+,20?/m0/s1. The van der Waals surface area contributed by atoms with Gasteiger partial charge < -0.3 is 25.8 Å². The number of hydrogen-bond donors (Lipinski definition) is 5. The SMILES string of the molecule is CC(C)C[C@@H](NC(=O)OCc1ccccc1)C(=O)N[C@H](C[C@@H]1CCNC1=O)C(O)S(=O)(=O)O. The van der Waals surface area contributed by atoms with Crippen molar-refractivity contribution in [1.29, 1.82) is 0 Å². The number of hydrogen-bond acceptors (Lipinski definition) is 7. The molecule has 184 valence electrons. The van der Waals surface area contributed by atoms with Crippen LogP contribution in [0.5, 0.6) is 0 Å². The summed E-state index contributed by atoms with van der Waals surface area (Å²) in [5.41, 5.74) is -1.58. The van der Waals surface area contributed by atoms with E-state index in [9.17, 15) is 32.5 Å². The van der Waals surface area contributed by atoms with Crippen molar-refractivity contribution in [2.24, 2.45) is 11.8 Å². The highest BCUT2D eigenvalue weighted by molar-refractivity contribution is 7.86. The minimum absolute atomic E-state index is 0.0103. The molecule has 33 heavy (non-hydrogen) atoms. The van der Waals surface area contributed by atoms with Gasteiger partial charge in [-0.25, -0.2) is 4.79 Å². The van der Waals surface area contributed by atoms with Crippen LogP contribution in [0.4, 0.5) is 4.79 Å². The van der Waals surface area contributed by atoms with E-state index in [0.717, 1.165) is 5.56 Å². The van der Waals surface area contributed by atoms with Crippen molar-refractivity contribution < 1.29 is 37.2 Å². The van der Waals surface area contributed by atoms with Gasteiger partial charge in [-0.2, -0.15) is 8.42 Å². The minimum Gasteiger partial charge on any atom is -0.445 e. The second-order valence-electron chi connectivity index (χ2n) is 8.42. The summed E-state index contributed by atoms with van der Waals surface area (Å²) in [6.45, 7) is 4.02. The molecule has 0 bridgehead atoms. The smallest absolute Gasteiger partial charge is 0.408 e. The summed E-state index contributed by atoms with van der Waals surface area (Å²) in [5, 5.41) is 17.5. The molecule has 0 saturated carbocycles. The predicted octanol–water partition coefficient (Wildman–Crippen LogP) is 0.545. The van der Waals surface area contributed by atoms with E-state index in [0.29, 0.717) is 13.0 Å². The first-order valence-electron chi connectivity index (χ1n) is 10.7. The van der Waals surface area contributed by atoms with E-state index in [1.165, 1.54) is 0 Å². The van der Waals surface area contributed by atoms with Gasteiger partial charge in [-0.1, -0.05) is 44.2 Å². The molecule has 1 aliphatic rings. The Bertz CT molecular complexity index is 923. The number of nitrogens with one attached hydrogen (secondary N) is 3. The van der Waals surface area contributed by atoms with Crippen molar-refractivity contribution in [2.45, 2.75) is 57.2 Å². The maximum atomic E-state index is 12.9. The van der Waals surface area contributed by atoms with Gasteiger partial charge in [0.05, 0.1) is 6.04 Å². The topological polar surface area (TPSA) is 171 Å². The number of ether oxygens (including phenoxy) is 1. The fraction of sp³-hybridized carbons (Fsp3) is 0.571. The van der Waals surface area contributed by atoms with Crippen LogP contribution < -0.4 is 16.0 Å². The zero-order chi connectivity index (χ0) is 24.6. The monoisotopic (exact) mass is 485 g/mol. The summed E-state index contributed by atoms with van der Waals surface area (Å²) < 4.78 is 37.5. The third-order valence-electron chi connectivity index (χ3n) is 5.21. The molecule has 1 unspecified atom stereocenters. The van der Waals surface area contributed by atoms with E-state index >= 15 is 0 Å². The lowest BCUT2D eigenvalue weighted by Gasteiger charge is -2.27. The van der Waals surface area contributed by atoms with E-state index in [2.05, 4.69) is 16.0 Å². The number of carbonyl (C=O) groups is 3. The summed E-state index contributed by atoms with van der Waals surface area (Å²) in [7, 11) is -4.92. The Morgan fingerprint density at radius 3 is 2.42 bits per heavy atom. The maximum absolute atomic E-state index is 12.9. The summed E-state index contributed by atoms with van der Waals surface area (Å²) >= 11 is 0. The zero-order valence-corrected chi connectivity index (χ0v) is 19.4. The molecule has 12 heteroatoms. The normalized spacial score (nSPS) is 18.8. The lowest BCUT2D eigenvalue weighted by atomic mass is 9.97. The quantitative estimate of drug-likeness (QED) is 0.283. The van der Waals surface area contributed by atoms with Crippen LogP contribution in [0.3, 0.4) is 0 Å². The summed E-state index contributed by atoms with van der Waals surface area (Å²) in [4.78, 5) is 37.1. The highest BCUT2D eigenvalue weighted by Crippen LogP contribution is 2.20. The van der Waals surface area contributed by atoms with Crippen LogP contribution in [0.15, 0.2) is 30.3 Å². The molecule has 1 aromatic carbocycles. The van der Waals surface area contributed by atoms with Crippen LogP contribution in [0.2, 0.25) is 0 Å². The maximum Gasteiger partial charge on any atom is 0.408 e. The lowest BCUT2D eigenvalue weighted by molar-refractivity contribution is -0.126. The third-order valence-corrected chi connectivity index (χ3v) is 6.15. The Hall–Kier alpha value is -2.70. The van der Waals surface area contributed by atoms with Gasteiger partial charge in [0.1, 0.15) is 12.6 Å². The third kappa shape index (κ3) is 8.63. The van der Waals surface area contributed by atoms with Gasteiger partial charge in [-0.05, 0) is 30.7 Å². The highest BCUT2D eigenvalue weighted by atomic mass is 32.2. The van der Waals surface area contributed by atoms with Gasteiger partial charge >= 0.3 is 6.09 Å². The molecule has 2 rings (SSSR count). The second-order valence-corrected chi connectivity index (χ2v) is 9.93.